The number of H-pyrrole nitrogens is 1. The summed E-state index contributed by atoms with van der Waals surface area (Å²) < 4.78 is 0. The molecule has 1 aliphatic carbocycles. The lowest BCUT2D eigenvalue weighted by Crippen LogP contribution is -2.53. The molecule has 0 spiro atoms. The smallest absolute Gasteiger partial charge is 0.293 e. The first-order valence-electron chi connectivity index (χ1n) is 7.23. The summed E-state index contributed by atoms with van der Waals surface area (Å²) in [6, 6.07) is 0.182. The highest BCUT2D eigenvalue weighted by molar-refractivity contribution is 5.91. The molecule has 3 aliphatic rings. The van der Waals surface area contributed by atoms with E-state index in [2.05, 4.69) is 15.2 Å². The number of carbonyl (C=O) groups is 2. The molecule has 7 heteroatoms. The summed E-state index contributed by atoms with van der Waals surface area (Å²) in [7, 11) is 0. The number of piperazine rings is 1. The number of hydrogen-bond donors (Lipinski definition) is 1. The fourth-order valence-electron chi connectivity index (χ4n) is 3.10. The molecule has 0 radical (unpaired) electrons. The fourth-order valence-corrected chi connectivity index (χ4v) is 3.10. The van der Waals surface area contributed by atoms with Crippen molar-refractivity contribution in [3.8, 4) is 0 Å². The van der Waals surface area contributed by atoms with E-state index in [1.165, 1.54) is 0 Å². The van der Waals surface area contributed by atoms with E-state index in [9.17, 15) is 9.59 Å². The maximum absolute atomic E-state index is 12.4. The second kappa shape index (κ2) is 4.29. The molecule has 0 aromatic carbocycles. The van der Waals surface area contributed by atoms with E-state index in [-0.39, 0.29) is 23.7 Å². The van der Waals surface area contributed by atoms with E-state index in [0.29, 0.717) is 32.0 Å². The van der Waals surface area contributed by atoms with Crippen LogP contribution >= 0.6 is 0 Å². The van der Waals surface area contributed by atoms with E-state index in [1.54, 1.807) is 4.90 Å². The lowest BCUT2D eigenvalue weighted by Gasteiger charge is -2.36. The van der Waals surface area contributed by atoms with Gasteiger partial charge in [-0.05, 0) is 19.3 Å². The summed E-state index contributed by atoms with van der Waals surface area (Å²) in [6.45, 7) is 1.82. The zero-order chi connectivity index (χ0) is 13.7. The van der Waals surface area contributed by atoms with Gasteiger partial charge in [-0.2, -0.15) is 0 Å². The van der Waals surface area contributed by atoms with Gasteiger partial charge in [0, 0.05) is 38.0 Å². The molecule has 1 aromatic heterocycles. The van der Waals surface area contributed by atoms with E-state index in [0.717, 1.165) is 25.1 Å². The minimum absolute atomic E-state index is 0.118. The average molecular weight is 275 g/mol. The maximum Gasteiger partial charge on any atom is 0.293 e. The fraction of sp³-hybridized carbons (Fsp3) is 0.692. The van der Waals surface area contributed by atoms with Crippen molar-refractivity contribution >= 4 is 11.8 Å². The zero-order valence-corrected chi connectivity index (χ0v) is 11.2. The number of rotatable bonds is 2. The van der Waals surface area contributed by atoms with Crippen molar-refractivity contribution in [3.63, 3.8) is 0 Å². The van der Waals surface area contributed by atoms with Crippen LogP contribution in [0.25, 0.3) is 0 Å². The van der Waals surface area contributed by atoms with Crippen molar-refractivity contribution in [1.82, 2.24) is 25.0 Å². The Bertz CT molecular complexity index is 565. The van der Waals surface area contributed by atoms with Crippen LogP contribution in [0.1, 0.15) is 48.0 Å². The van der Waals surface area contributed by atoms with Gasteiger partial charge in [0.1, 0.15) is 5.82 Å². The topological polar surface area (TPSA) is 82.2 Å². The molecule has 1 aromatic rings. The van der Waals surface area contributed by atoms with Crippen molar-refractivity contribution in [2.45, 2.75) is 37.6 Å². The summed E-state index contributed by atoms with van der Waals surface area (Å²) >= 11 is 0. The normalized spacial score (nSPS) is 26.0. The first-order chi connectivity index (χ1) is 9.72. The Morgan fingerprint density at radius 3 is 2.90 bits per heavy atom. The molecule has 2 aliphatic heterocycles. The van der Waals surface area contributed by atoms with Crippen LogP contribution < -0.4 is 0 Å². The number of nitrogens with one attached hydrogen (secondary N) is 1. The molecule has 20 heavy (non-hydrogen) atoms. The third kappa shape index (κ3) is 1.88. The molecule has 1 saturated carbocycles. The van der Waals surface area contributed by atoms with Crippen LogP contribution in [0.4, 0.5) is 0 Å². The van der Waals surface area contributed by atoms with Gasteiger partial charge in [-0.3, -0.25) is 14.7 Å². The van der Waals surface area contributed by atoms with Gasteiger partial charge in [0.25, 0.3) is 5.91 Å². The van der Waals surface area contributed by atoms with Gasteiger partial charge in [-0.15, -0.1) is 5.10 Å². The highest BCUT2D eigenvalue weighted by Crippen LogP contribution is 2.37. The van der Waals surface area contributed by atoms with Crippen LogP contribution in [0.15, 0.2) is 0 Å². The van der Waals surface area contributed by atoms with Gasteiger partial charge in [0.2, 0.25) is 11.7 Å². The highest BCUT2D eigenvalue weighted by atomic mass is 16.2. The first-order valence-corrected chi connectivity index (χ1v) is 7.23. The first kappa shape index (κ1) is 11.9. The van der Waals surface area contributed by atoms with E-state index in [4.69, 9.17) is 0 Å². The molecule has 1 atom stereocenters. The second-order valence-corrected chi connectivity index (χ2v) is 5.85. The molecule has 7 nitrogen and oxygen atoms in total. The van der Waals surface area contributed by atoms with Crippen molar-refractivity contribution in [2.24, 2.45) is 0 Å². The van der Waals surface area contributed by atoms with Gasteiger partial charge >= 0.3 is 0 Å². The molecule has 0 bridgehead atoms. The Labute approximate surface area is 116 Å². The van der Waals surface area contributed by atoms with Gasteiger partial charge in [-0.1, -0.05) is 0 Å². The molecular formula is C13H17N5O2. The van der Waals surface area contributed by atoms with Crippen LogP contribution in [0.3, 0.4) is 0 Å². The number of amides is 2. The molecule has 2 amide bonds. The SMILES string of the molecule is O=C(c1n[nH]c(C2CC2)n1)N1CCN2C(=O)CCC2C1. The molecule has 3 heterocycles. The second-order valence-electron chi connectivity index (χ2n) is 5.85. The standard InChI is InChI=1S/C13H17N5O2/c19-10-4-3-9-7-17(5-6-18(9)10)13(20)12-14-11(15-16-12)8-1-2-8/h8-9H,1-7H2,(H,14,15,16). The quantitative estimate of drug-likeness (QED) is 0.831. The van der Waals surface area contributed by atoms with Gasteiger partial charge in [0.15, 0.2) is 0 Å². The lowest BCUT2D eigenvalue weighted by atomic mass is 10.1. The summed E-state index contributed by atoms with van der Waals surface area (Å²) in [4.78, 5) is 32.0. The summed E-state index contributed by atoms with van der Waals surface area (Å²) in [6.07, 6.45) is 3.72. The summed E-state index contributed by atoms with van der Waals surface area (Å²) in [5, 5.41) is 6.91. The molecule has 4 rings (SSSR count). The number of fused-ring (bicyclic) bond motifs is 1. The Kier molecular flexibility index (Phi) is 2.55. The van der Waals surface area contributed by atoms with Gasteiger partial charge in [0.05, 0.1) is 0 Å². The maximum atomic E-state index is 12.4. The van der Waals surface area contributed by atoms with Crippen LogP contribution in [-0.4, -0.2) is 62.5 Å². The zero-order valence-electron chi connectivity index (χ0n) is 11.2. The third-order valence-corrected chi connectivity index (χ3v) is 4.44. The number of carbonyl (C=O) groups excluding carboxylic acids is 2. The lowest BCUT2D eigenvalue weighted by molar-refractivity contribution is -0.130. The summed E-state index contributed by atoms with van der Waals surface area (Å²) in [5.41, 5.74) is 0. The molecule has 3 fully saturated rings. The van der Waals surface area contributed by atoms with Gasteiger partial charge < -0.3 is 9.80 Å². The monoisotopic (exact) mass is 275 g/mol. The van der Waals surface area contributed by atoms with Gasteiger partial charge in [-0.25, -0.2) is 4.98 Å². The molecule has 1 unspecified atom stereocenters. The number of aromatic nitrogens is 3. The Balaban J connectivity index is 1.47. The van der Waals surface area contributed by atoms with Crippen LogP contribution in [-0.2, 0) is 4.79 Å². The highest BCUT2D eigenvalue weighted by Gasteiger charge is 2.38. The van der Waals surface area contributed by atoms with Crippen LogP contribution in [0.5, 0.6) is 0 Å². The van der Waals surface area contributed by atoms with Crippen molar-refractivity contribution < 1.29 is 9.59 Å². The van der Waals surface area contributed by atoms with E-state index >= 15 is 0 Å². The summed E-state index contributed by atoms with van der Waals surface area (Å²) in [5.74, 6) is 1.67. The largest absolute Gasteiger partial charge is 0.336 e. The van der Waals surface area contributed by atoms with Crippen molar-refractivity contribution in [2.75, 3.05) is 19.6 Å². The number of aromatic amines is 1. The number of nitrogens with zero attached hydrogens (tertiary/aromatic N) is 4. The molecule has 1 N–H and O–H groups in total. The van der Waals surface area contributed by atoms with E-state index in [1.807, 2.05) is 4.90 Å². The molecular weight excluding hydrogens is 258 g/mol. The minimum Gasteiger partial charge on any atom is -0.336 e. The predicted octanol–water partition coefficient (Wildman–Crippen LogP) is 0.129. The van der Waals surface area contributed by atoms with Crippen LogP contribution in [0.2, 0.25) is 0 Å². The molecule has 2 saturated heterocycles. The molecule has 106 valence electrons. The average Bonchev–Trinajstić information content (AvgIpc) is 3.09. The van der Waals surface area contributed by atoms with Crippen molar-refractivity contribution in [3.05, 3.63) is 11.6 Å². The van der Waals surface area contributed by atoms with Crippen LogP contribution in [0, 0.1) is 0 Å². The Morgan fingerprint density at radius 2 is 2.10 bits per heavy atom. The third-order valence-electron chi connectivity index (χ3n) is 4.44. The minimum atomic E-state index is -0.118. The van der Waals surface area contributed by atoms with Crippen molar-refractivity contribution in [1.29, 1.82) is 0 Å². The Hall–Kier alpha value is -1.92. The van der Waals surface area contributed by atoms with E-state index < -0.39 is 0 Å². The number of hydrogen-bond acceptors (Lipinski definition) is 4. The predicted molar refractivity (Wildman–Crippen MR) is 69.0 cm³/mol. The Morgan fingerprint density at radius 1 is 1.25 bits per heavy atom.